The molecule has 0 aromatic heterocycles. The SMILES string of the molecule is CCCC[C@H]1C[C@H](C(N)=O)N(Cc2ccccc2)C1. The molecule has 1 aromatic rings. The Morgan fingerprint density at radius 3 is 2.74 bits per heavy atom. The lowest BCUT2D eigenvalue weighted by Gasteiger charge is -2.21. The van der Waals surface area contributed by atoms with Gasteiger partial charge in [0.1, 0.15) is 0 Å². The number of carbonyl (C=O) groups excluding carboxylic acids is 1. The van der Waals surface area contributed by atoms with Gasteiger partial charge in [-0.25, -0.2) is 0 Å². The third kappa shape index (κ3) is 3.80. The maximum absolute atomic E-state index is 11.6. The van der Waals surface area contributed by atoms with E-state index in [9.17, 15) is 4.79 Å². The summed E-state index contributed by atoms with van der Waals surface area (Å²) in [7, 11) is 0. The summed E-state index contributed by atoms with van der Waals surface area (Å²) >= 11 is 0. The van der Waals surface area contributed by atoms with Crippen LogP contribution in [-0.2, 0) is 11.3 Å². The van der Waals surface area contributed by atoms with Gasteiger partial charge in [0.05, 0.1) is 6.04 Å². The molecule has 1 heterocycles. The molecule has 0 bridgehead atoms. The van der Waals surface area contributed by atoms with Gasteiger partial charge in [0.25, 0.3) is 0 Å². The number of primary amides is 1. The van der Waals surface area contributed by atoms with Gasteiger partial charge in [-0.3, -0.25) is 9.69 Å². The Morgan fingerprint density at radius 1 is 1.37 bits per heavy atom. The van der Waals surface area contributed by atoms with Crippen molar-refractivity contribution in [2.24, 2.45) is 11.7 Å². The van der Waals surface area contributed by atoms with Crippen LogP contribution in [0.3, 0.4) is 0 Å². The van der Waals surface area contributed by atoms with E-state index in [1.54, 1.807) is 0 Å². The van der Waals surface area contributed by atoms with Gasteiger partial charge in [0.15, 0.2) is 0 Å². The molecule has 2 N–H and O–H groups in total. The van der Waals surface area contributed by atoms with Gasteiger partial charge in [-0.05, 0) is 24.3 Å². The smallest absolute Gasteiger partial charge is 0.234 e. The lowest BCUT2D eigenvalue weighted by atomic mass is 9.99. The van der Waals surface area contributed by atoms with Crippen LogP contribution in [-0.4, -0.2) is 23.4 Å². The van der Waals surface area contributed by atoms with Gasteiger partial charge in [0.2, 0.25) is 5.91 Å². The highest BCUT2D eigenvalue weighted by Gasteiger charge is 2.34. The number of hydrogen-bond donors (Lipinski definition) is 1. The molecule has 2 rings (SSSR count). The summed E-state index contributed by atoms with van der Waals surface area (Å²) in [6.07, 6.45) is 4.61. The molecule has 0 spiro atoms. The largest absolute Gasteiger partial charge is 0.368 e. The highest BCUT2D eigenvalue weighted by atomic mass is 16.1. The second-order valence-electron chi connectivity index (χ2n) is 5.58. The minimum absolute atomic E-state index is 0.0814. The Hall–Kier alpha value is -1.35. The van der Waals surface area contributed by atoms with Crippen molar-refractivity contribution >= 4 is 5.91 Å². The fourth-order valence-electron chi connectivity index (χ4n) is 2.99. The summed E-state index contributed by atoms with van der Waals surface area (Å²) in [6.45, 7) is 4.04. The molecule has 104 valence electrons. The summed E-state index contributed by atoms with van der Waals surface area (Å²) in [5.74, 6) is 0.455. The second-order valence-corrected chi connectivity index (χ2v) is 5.58. The van der Waals surface area contributed by atoms with Gasteiger partial charge in [-0.15, -0.1) is 0 Å². The van der Waals surface area contributed by atoms with Crippen molar-refractivity contribution in [1.29, 1.82) is 0 Å². The van der Waals surface area contributed by atoms with Crippen molar-refractivity contribution in [2.75, 3.05) is 6.54 Å². The molecule has 1 fully saturated rings. The van der Waals surface area contributed by atoms with Crippen LogP contribution in [0, 0.1) is 5.92 Å². The highest BCUT2D eigenvalue weighted by Crippen LogP contribution is 2.28. The molecule has 1 aromatic carbocycles. The molecular formula is C16H24N2O. The van der Waals surface area contributed by atoms with Gasteiger partial charge in [-0.2, -0.15) is 0 Å². The van der Waals surface area contributed by atoms with Crippen LogP contribution in [0.15, 0.2) is 30.3 Å². The number of nitrogens with two attached hydrogens (primary N) is 1. The zero-order valence-electron chi connectivity index (χ0n) is 11.7. The number of nitrogens with zero attached hydrogens (tertiary/aromatic N) is 1. The Labute approximate surface area is 115 Å². The predicted molar refractivity (Wildman–Crippen MR) is 77.5 cm³/mol. The van der Waals surface area contributed by atoms with E-state index in [2.05, 4.69) is 24.0 Å². The lowest BCUT2D eigenvalue weighted by Crippen LogP contribution is -2.39. The van der Waals surface area contributed by atoms with Crippen LogP contribution in [0.5, 0.6) is 0 Å². The average Bonchev–Trinajstić information content (AvgIpc) is 2.81. The number of likely N-dealkylation sites (tertiary alicyclic amines) is 1. The van der Waals surface area contributed by atoms with E-state index in [0.29, 0.717) is 5.92 Å². The molecule has 19 heavy (non-hydrogen) atoms. The minimum atomic E-state index is -0.171. The molecule has 1 aliphatic heterocycles. The third-order valence-electron chi connectivity index (χ3n) is 4.01. The Kier molecular flexibility index (Phi) is 4.97. The van der Waals surface area contributed by atoms with Crippen molar-refractivity contribution in [3.05, 3.63) is 35.9 Å². The fraction of sp³-hybridized carbons (Fsp3) is 0.562. The maximum atomic E-state index is 11.6. The zero-order valence-corrected chi connectivity index (χ0v) is 11.7. The fourth-order valence-corrected chi connectivity index (χ4v) is 2.99. The van der Waals surface area contributed by atoms with Crippen molar-refractivity contribution in [1.82, 2.24) is 4.90 Å². The minimum Gasteiger partial charge on any atom is -0.368 e. The first kappa shape index (κ1) is 14.1. The number of rotatable bonds is 6. The summed E-state index contributed by atoms with van der Waals surface area (Å²) in [5, 5.41) is 0. The van der Waals surface area contributed by atoms with E-state index in [-0.39, 0.29) is 11.9 Å². The number of unbranched alkanes of at least 4 members (excludes halogenated alkanes) is 1. The van der Waals surface area contributed by atoms with E-state index in [4.69, 9.17) is 5.73 Å². The normalized spacial score (nSPS) is 23.6. The molecule has 1 saturated heterocycles. The molecule has 2 atom stereocenters. The first-order valence-corrected chi connectivity index (χ1v) is 7.28. The monoisotopic (exact) mass is 260 g/mol. The average molecular weight is 260 g/mol. The number of amides is 1. The Morgan fingerprint density at radius 2 is 2.11 bits per heavy atom. The molecular weight excluding hydrogens is 236 g/mol. The van der Waals surface area contributed by atoms with Gasteiger partial charge in [0, 0.05) is 13.1 Å². The molecule has 0 saturated carbocycles. The molecule has 3 nitrogen and oxygen atoms in total. The standard InChI is InChI=1S/C16H24N2O/c1-2-3-7-14-10-15(16(17)19)18(12-14)11-13-8-5-4-6-9-13/h4-6,8-9,14-15H,2-3,7,10-12H2,1H3,(H2,17,19)/t14-,15+/m0/s1. The van der Waals surface area contributed by atoms with Crippen molar-refractivity contribution in [3.63, 3.8) is 0 Å². The topological polar surface area (TPSA) is 46.3 Å². The number of hydrogen-bond acceptors (Lipinski definition) is 2. The van der Waals surface area contributed by atoms with E-state index >= 15 is 0 Å². The van der Waals surface area contributed by atoms with E-state index in [1.807, 2.05) is 18.2 Å². The van der Waals surface area contributed by atoms with E-state index in [1.165, 1.54) is 24.8 Å². The first-order chi connectivity index (χ1) is 9.20. The Bertz CT molecular complexity index is 404. The lowest BCUT2D eigenvalue weighted by molar-refractivity contribution is -0.122. The summed E-state index contributed by atoms with van der Waals surface area (Å²) in [4.78, 5) is 13.9. The first-order valence-electron chi connectivity index (χ1n) is 7.28. The second kappa shape index (κ2) is 6.71. The van der Waals surface area contributed by atoms with Crippen molar-refractivity contribution < 1.29 is 4.79 Å². The van der Waals surface area contributed by atoms with Crippen LogP contribution in [0.4, 0.5) is 0 Å². The quantitative estimate of drug-likeness (QED) is 0.854. The van der Waals surface area contributed by atoms with Crippen LogP contribution in [0.25, 0.3) is 0 Å². The van der Waals surface area contributed by atoms with E-state index < -0.39 is 0 Å². The molecule has 0 aliphatic carbocycles. The number of benzene rings is 1. The molecule has 0 unspecified atom stereocenters. The summed E-state index contributed by atoms with van der Waals surface area (Å²) in [5.41, 5.74) is 6.81. The third-order valence-corrected chi connectivity index (χ3v) is 4.01. The van der Waals surface area contributed by atoms with Crippen LogP contribution in [0.1, 0.15) is 38.2 Å². The molecule has 1 amide bonds. The van der Waals surface area contributed by atoms with E-state index in [0.717, 1.165) is 19.5 Å². The Balaban J connectivity index is 1.99. The molecule has 3 heteroatoms. The summed E-state index contributed by atoms with van der Waals surface area (Å²) < 4.78 is 0. The van der Waals surface area contributed by atoms with Crippen LogP contribution in [0.2, 0.25) is 0 Å². The highest BCUT2D eigenvalue weighted by molar-refractivity contribution is 5.80. The van der Waals surface area contributed by atoms with Crippen molar-refractivity contribution in [3.8, 4) is 0 Å². The summed E-state index contributed by atoms with van der Waals surface area (Å²) in [6, 6.07) is 10.2. The molecule has 0 radical (unpaired) electrons. The van der Waals surface area contributed by atoms with Gasteiger partial charge >= 0.3 is 0 Å². The van der Waals surface area contributed by atoms with Crippen LogP contribution < -0.4 is 5.73 Å². The zero-order chi connectivity index (χ0) is 13.7. The maximum Gasteiger partial charge on any atom is 0.234 e. The predicted octanol–water partition coefficient (Wildman–Crippen LogP) is 2.55. The van der Waals surface area contributed by atoms with Gasteiger partial charge in [-0.1, -0.05) is 50.1 Å². The number of carbonyl (C=O) groups is 1. The molecule has 1 aliphatic rings. The van der Waals surface area contributed by atoms with Gasteiger partial charge < -0.3 is 5.73 Å². The van der Waals surface area contributed by atoms with Crippen molar-refractivity contribution in [2.45, 2.75) is 45.2 Å². The van der Waals surface area contributed by atoms with Crippen LogP contribution >= 0.6 is 0 Å².